The van der Waals surface area contributed by atoms with Crippen molar-refractivity contribution in [2.45, 2.75) is 13.2 Å². The standard InChI is InChI=1S/C15H15ClN2O3/c1-10(21-14-7-5-13(19)6-8-14)17-15(20)18-12-4-2-3-11(16)9-12/h2-10,19H,1H3,(H2,17,18,20). The molecule has 0 aliphatic carbocycles. The minimum absolute atomic E-state index is 0.154. The van der Waals surface area contributed by atoms with Gasteiger partial charge in [0.05, 0.1) is 0 Å². The molecule has 2 aromatic rings. The van der Waals surface area contributed by atoms with Gasteiger partial charge < -0.3 is 20.5 Å². The maximum absolute atomic E-state index is 11.8. The van der Waals surface area contributed by atoms with Crippen molar-refractivity contribution >= 4 is 23.3 Å². The number of ether oxygens (including phenoxy) is 1. The Bertz CT molecular complexity index is 617. The zero-order chi connectivity index (χ0) is 15.2. The van der Waals surface area contributed by atoms with Gasteiger partial charge in [0.1, 0.15) is 11.5 Å². The van der Waals surface area contributed by atoms with E-state index in [1.165, 1.54) is 12.1 Å². The van der Waals surface area contributed by atoms with E-state index in [2.05, 4.69) is 10.6 Å². The zero-order valence-electron chi connectivity index (χ0n) is 11.3. The smallest absolute Gasteiger partial charge is 0.322 e. The molecule has 0 saturated carbocycles. The normalized spacial score (nSPS) is 11.5. The molecule has 3 N–H and O–H groups in total. The Hall–Kier alpha value is -2.40. The summed E-state index contributed by atoms with van der Waals surface area (Å²) >= 11 is 5.84. The van der Waals surface area contributed by atoms with Gasteiger partial charge in [-0.1, -0.05) is 17.7 Å². The summed E-state index contributed by atoms with van der Waals surface area (Å²) in [5, 5.41) is 15.0. The summed E-state index contributed by atoms with van der Waals surface area (Å²) < 4.78 is 5.49. The van der Waals surface area contributed by atoms with Crippen LogP contribution in [0.5, 0.6) is 11.5 Å². The summed E-state index contributed by atoms with van der Waals surface area (Å²) in [5.74, 6) is 0.699. The molecule has 110 valence electrons. The molecule has 5 nitrogen and oxygen atoms in total. The highest BCUT2D eigenvalue weighted by molar-refractivity contribution is 6.30. The summed E-state index contributed by atoms with van der Waals surface area (Å²) in [5.41, 5.74) is 0.594. The van der Waals surface area contributed by atoms with Crippen molar-refractivity contribution in [1.82, 2.24) is 5.32 Å². The second kappa shape index (κ2) is 6.85. The van der Waals surface area contributed by atoms with Crippen LogP contribution in [-0.2, 0) is 0 Å². The minimum Gasteiger partial charge on any atom is -0.508 e. The van der Waals surface area contributed by atoms with Gasteiger partial charge in [-0.2, -0.15) is 0 Å². The fourth-order valence-electron chi connectivity index (χ4n) is 1.68. The molecule has 2 amide bonds. The van der Waals surface area contributed by atoms with Crippen molar-refractivity contribution < 1.29 is 14.6 Å². The van der Waals surface area contributed by atoms with E-state index in [9.17, 15) is 9.90 Å². The topological polar surface area (TPSA) is 70.6 Å². The molecule has 6 heteroatoms. The predicted octanol–water partition coefficient (Wildman–Crippen LogP) is 3.59. The molecule has 0 heterocycles. The number of urea groups is 1. The molecule has 0 bridgehead atoms. The Morgan fingerprint density at radius 1 is 1.24 bits per heavy atom. The summed E-state index contributed by atoms with van der Waals surface area (Å²) in [6.07, 6.45) is -0.534. The SMILES string of the molecule is CC(NC(=O)Nc1cccc(Cl)c1)Oc1ccc(O)cc1. The van der Waals surface area contributed by atoms with Crippen molar-refractivity contribution in [1.29, 1.82) is 0 Å². The number of carbonyl (C=O) groups is 1. The van der Waals surface area contributed by atoms with Gasteiger partial charge in [0, 0.05) is 10.7 Å². The van der Waals surface area contributed by atoms with Crippen LogP contribution in [-0.4, -0.2) is 17.4 Å². The largest absolute Gasteiger partial charge is 0.508 e. The van der Waals surface area contributed by atoms with Gasteiger partial charge in [-0.15, -0.1) is 0 Å². The Morgan fingerprint density at radius 2 is 1.95 bits per heavy atom. The molecule has 0 spiro atoms. The van der Waals surface area contributed by atoms with Gasteiger partial charge in [0.2, 0.25) is 0 Å². The Labute approximate surface area is 127 Å². The highest BCUT2D eigenvalue weighted by Crippen LogP contribution is 2.17. The number of nitrogens with one attached hydrogen (secondary N) is 2. The first-order valence-corrected chi connectivity index (χ1v) is 6.69. The first-order valence-electron chi connectivity index (χ1n) is 6.32. The number of hydrogen-bond donors (Lipinski definition) is 3. The number of carbonyl (C=O) groups excluding carboxylic acids is 1. The first-order chi connectivity index (χ1) is 10.0. The van der Waals surface area contributed by atoms with E-state index in [1.54, 1.807) is 43.3 Å². The molecular weight excluding hydrogens is 292 g/mol. The second-order valence-electron chi connectivity index (χ2n) is 4.36. The van der Waals surface area contributed by atoms with Crippen LogP contribution < -0.4 is 15.4 Å². The van der Waals surface area contributed by atoms with Crippen LogP contribution in [0.3, 0.4) is 0 Å². The van der Waals surface area contributed by atoms with Gasteiger partial charge in [0.25, 0.3) is 0 Å². The quantitative estimate of drug-likeness (QED) is 0.756. The summed E-state index contributed by atoms with van der Waals surface area (Å²) in [6, 6.07) is 12.7. The highest BCUT2D eigenvalue weighted by Gasteiger charge is 2.08. The van der Waals surface area contributed by atoms with Crippen molar-refractivity contribution in [3.05, 3.63) is 53.6 Å². The zero-order valence-corrected chi connectivity index (χ0v) is 12.1. The van der Waals surface area contributed by atoms with E-state index in [1.807, 2.05) is 0 Å². The highest BCUT2D eigenvalue weighted by atomic mass is 35.5. The Balaban J connectivity index is 1.86. The lowest BCUT2D eigenvalue weighted by molar-refractivity contribution is 0.183. The average molecular weight is 307 g/mol. The fraction of sp³-hybridized carbons (Fsp3) is 0.133. The van der Waals surface area contributed by atoms with Gasteiger partial charge in [-0.25, -0.2) is 4.79 Å². The Kier molecular flexibility index (Phi) is 4.90. The molecule has 0 radical (unpaired) electrons. The van der Waals surface area contributed by atoms with Gasteiger partial charge in [-0.3, -0.25) is 0 Å². The molecular formula is C15H15ClN2O3. The van der Waals surface area contributed by atoms with Crippen LogP contribution in [0, 0.1) is 0 Å². The van der Waals surface area contributed by atoms with E-state index in [-0.39, 0.29) is 5.75 Å². The van der Waals surface area contributed by atoms with E-state index in [4.69, 9.17) is 16.3 Å². The van der Waals surface area contributed by atoms with Crippen LogP contribution in [0.25, 0.3) is 0 Å². The molecule has 0 saturated heterocycles. The lowest BCUT2D eigenvalue weighted by Crippen LogP contribution is -2.39. The summed E-state index contributed by atoms with van der Waals surface area (Å²) in [6.45, 7) is 1.70. The molecule has 2 aromatic carbocycles. The predicted molar refractivity (Wildman–Crippen MR) is 81.8 cm³/mol. The molecule has 0 aliphatic rings. The average Bonchev–Trinajstić information content (AvgIpc) is 2.41. The van der Waals surface area contributed by atoms with Crippen molar-refractivity contribution in [2.24, 2.45) is 0 Å². The number of benzene rings is 2. The van der Waals surface area contributed by atoms with E-state index < -0.39 is 12.3 Å². The fourth-order valence-corrected chi connectivity index (χ4v) is 1.87. The third-order valence-electron chi connectivity index (χ3n) is 2.57. The number of phenols is 1. The lowest BCUT2D eigenvalue weighted by atomic mass is 10.3. The van der Waals surface area contributed by atoms with Crippen LogP contribution in [0.2, 0.25) is 5.02 Å². The van der Waals surface area contributed by atoms with Crippen molar-refractivity contribution in [2.75, 3.05) is 5.32 Å². The third kappa shape index (κ3) is 4.89. The number of rotatable bonds is 4. The molecule has 1 unspecified atom stereocenters. The van der Waals surface area contributed by atoms with Crippen LogP contribution >= 0.6 is 11.6 Å². The van der Waals surface area contributed by atoms with Crippen LogP contribution in [0.15, 0.2) is 48.5 Å². The maximum Gasteiger partial charge on any atom is 0.322 e. The molecule has 0 fully saturated rings. The van der Waals surface area contributed by atoms with E-state index >= 15 is 0 Å². The third-order valence-corrected chi connectivity index (χ3v) is 2.80. The summed E-state index contributed by atoms with van der Waals surface area (Å²) in [4.78, 5) is 11.8. The molecule has 21 heavy (non-hydrogen) atoms. The van der Waals surface area contributed by atoms with Gasteiger partial charge in [-0.05, 0) is 49.4 Å². The van der Waals surface area contributed by atoms with Gasteiger partial charge >= 0.3 is 6.03 Å². The van der Waals surface area contributed by atoms with E-state index in [0.717, 1.165) is 0 Å². The first kappa shape index (κ1) is 15.0. The van der Waals surface area contributed by atoms with Crippen molar-refractivity contribution in [3.63, 3.8) is 0 Å². The molecule has 1 atom stereocenters. The minimum atomic E-state index is -0.534. The second-order valence-corrected chi connectivity index (χ2v) is 4.80. The Morgan fingerprint density at radius 3 is 2.62 bits per heavy atom. The lowest BCUT2D eigenvalue weighted by Gasteiger charge is -2.16. The number of phenolic OH excluding ortho intramolecular Hbond substituents is 1. The number of halogens is 1. The van der Waals surface area contributed by atoms with Crippen LogP contribution in [0.1, 0.15) is 6.92 Å². The number of aromatic hydroxyl groups is 1. The molecule has 2 rings (SSSR count). The number of amides is 2. The molecule has 0 aliphatic heterocycles. The van der Waals surface area contributed by atoms with Gasteiger partial charge in [0.15, 0.2) is 6.23 Å². The number of anilines is 1. The monoisotopic (exact) mass is 306 g/mol. The number of hydrogen-bond acceptors (Lipinski definition) is 3. The summed E-state index contributed by atoms with van der Waals surface area (Å²) in [7, 11) is 0. The van der Waals surface area contributed by atoms with Crippen molar-refractivity contribution in [3.8, 4) is 11.5 Å². The van der Waals surface area contributed by atoms with E-state index in [0.29, 0.717) is 16.5 Å². The molecule has 0 aromatic heterocycles. The van der Waals surface area contributed by atoms with Crippen LogP contribution in [0.4, 0.5) is 10.5 Å². The maximum atomic E-state index is 11.8.